The number of nitrogens with zero attached hydrogens (tertiary/aromatic N) is 5. The van der Waals surface area contributed by atoms with Gasteiger partial charge < -0.3 is 9.64 Å². The zero-order chi connectivity index (χ0) is 22.3. The fourth-order valence-corrected chi connectivity index (χ4v) is 4.18. The van der Waals surface area contributed by atoms with Crippen molar-refractivity contribution < 1.29 is 9.53 Å². The van der Waals surface area contributed by atoms with E-state index in [1.807, 2.05) is 36.3 Å². The molecule has 0 aliphatic carbocycles. The molecule has 1 aliphatic rings. The van der Waals surface area contributed by atoms with Crippen molar-refractivity contribution in [3.8, 4) is 16.9 Å². The van der Waals surface area contributed by atoms with Crippen LogP contribution in [0.5, 0.6) is 5.75 Å². The number of carbonyl (C=O) groups excluding carboxylic acids is 1. The van der Waals surface area contributed by atoms with E-state index in [1.54, 1.807) is 19.5 Å². The summed E-state index contributed by atoms with van der Waals surface area (Å²) in [5.74, 6) is 1.26. The predicted octanol–water partition coefficient (Wildman–Crippen LogP) is 3.39. The van der Waals surface area contributed by atoms with Gasteiger partial charge in [0.2, 0.25) is 5.91 Å². The van der Waals surface area contributed by atoms with Gasteiger partial charge in [-0.15, -0.1) is 0 Å². The number of ether oxygens (including phenoxy) is 1. The highest BCUT2D eigenvalue weighted by molar-refractivity contribution is 5.78. The lowest BCUT2D eigenvalue weighted by Crippen LogP contribution is -2.43. The minimum absolute atomic E-state index is 0.165. The van der Waals surface area contributed by atoms with Crippen molar-refractivity contribution in [2.24, 2.45) is 0 Å². The summed E-state index contributed by atoms with van der Waals surface area (Å²) in [4.78, 5) is 29.8. The van der Waals surface area contributed by atoms with E-state index in [9.17, 15) is 4.79 Å². The van der Waals surface area contributed by atoms with Gasteiger partial charge in [-0.3, -0.25) is 14.7 Å². The quantitative estimate of drug-likeness (QED) is 0.571. The van der Waals surface area contributed by atoms with Gasteiger partial charge in [-0.05, 0) is 43.7 Å². The second-order valence-corrected chi connectivity index (χ2v) is 8.30. The highest BCUT2D eigenvalue weighted by Crippen LogP contribution is 2.27. The van der Waals surface area contributed by atoms with Crippen LogP contribution in [0.15, 0.2) is 61.3 Å². The summed E-state index contributed by atoms with van der Waals surface area (Å²) in [6.45, 7) is 2.62. The molecule has 1 amide bonds. The number of likely N-dealkylation sites (tertiary alicyclic amines) is 1. The fourth-order valence-electron chi connectivity index (χ4n) is 4.18. The average Bonchev–Trinajstić information content (AvgIpc) is 2.85. The summed E-state index contributed by atoms with van der Waals surface area (Å²) >= 11 is 0. The van der Waals surface area contributed by atoms with Gasteiger partial charge in [0, 0.05) is 61.0 Å². The Morgan fingerprint density at radius 1 is 1.16 bits per heavy atom. The zero-order valence-corrected chi connectivity index (χ0v) is 18.6. The first-order valence-electron chi connectivity index (χ1n) is 10.9. The Labute approximate surface area is 189 Å². The van der Waals surface area contributed by atoms with Gasteiger partial charge in [-0.1, -0.05) is 18.2 Å². The minimum atomic E-state index is 0.165. The van der Waals surface area contributed by atoms with E-state index >= 15 is 0 Å². The van der Waals surface area contributed by atoms with Gasteiger partial charge in [-0.25, -0.2) is 9.97 Å². The molecule has 4 rings (SSSR count). The Balaban J connectivity index is 1.34. The van der Waals surface area contributed by atoms with E-state index in [0.717, 1.165) is 47.5 Å². The third kappa shape index (κ3) is 5.48. The molecule has 166 valence electrons. The maximum absolute atomic E-state index is 13.0. The molecule has 1 aromatic carbocycles. The summed E-state index contributed by atoms with van der Waals surface area (Å²) < 4.78 is 5.29. The van der Waals surface area contributed by atoms with Crippen molar-refractivity contribution in [3.05, 3.63) is 72.6 Å². The smallest absolute Gasteiger partial charge is 0.236 e. The standard InChI is InChI=1S/C25H29N5O2/c1-29(15-19-5-3-7-23(11-19)32-2)17-25(31)30-10-4-6-21(16-30)24-9-8-20(14-28-24)22-12-26-18-27-13-22/h3,5,7-9,11-14,18,21H,4,6,10,15-17H2,1-2H3. The number of hydrogen-bond donors (Lipinski definition) is 0. The third-order valence-electron chi connectivity index (χ3n) is 5.86. The number of benzene rings is 1. The maximum Gasteiger partial charge on any atom is 0.236 e. The molecule has 3 heterocycles. The molecule has 1 aliphatic heterocycles. The summed E-state index contributed by atoms with van der Waals surface area (Å²) in [6.07, 6.45) is 9.00. The number of aromatic nitrogens is 3. The number of rotatable bonds is 7. The lowest BCUT2D eigenvalue weighted by atomic mass is 9.93. The molecule has 0 N–H and O–H groups in total. The second kappa shape index (κ2) is 10.3. The molecular formula is C25H29N5O2. The Hall–Kier alpha value is -3.32. The van der Waals surface area contributed by atoms with Crippen molar-refractivity contribution >= 4 is 5.91 Å². The summed E-state index contributed by atoms with van der Waals surface area (Å²) in [5.41, 5.74) is 4.11. The van der Waals surface area contributed by atoms with Crippen LogP contribution in [0, 0.1) is 0 Å². The van der Waals surface area contributed by atoms with Crippen molar-refractivity contribution in [1.82, 2.24) is 24.8 Å². The van der Waals surface area contributed by atoms with Gasteiger partial charge in [0.15, 0.2) is 0 Å². The molecule has 0 radical (unpaired) electrons. The molecule has 7 nitrogen and oxygen atoms in total. The zero-order valence-electron chi connectivity index (χ0n) is 18.6. The van der Waals surface area contributed by atoms with E-state index in [2.05, 4.69) is 38.1 Å². The van der Waals surface area contributed by atoms with Crippen molar-refractivity contribution in [1.29, 1.82) is 0 Å². The highest BCUT2D eigenvalue weighted by Gasteiger charge is 2.26. The first-order valence-corrected chi connectivity index (χ1v) is 10.9. The molecule has 32 heavy (non-hydrogen) atoms. The summed E-state index contributed by atoms with van der Waals surface area (Å²) in [6, 6.07) is 12.1. The molecule has 1 fully saturated rings. The van der Waals surface area contributed by atoms with Gasteiger partial charge in [0.1, 0.15) is 12.1 Å². The van der Waals surface area contributed by atoms with Gasteiger partial charge in [0.05, 0.1) is 13.7 Å². The van der Waals surface area contributed by atoms with Crippen LogP contribution in [-0.2, 0) is 11.3 Å². The molecule has 7 heteroatoms. The number of piperidine rings is 1. The van der Waals surface area contributed by atoms with E-state index in [1.165, 1.54) is 6.33 Å². The molecule has 2 aromatic heterocycles. The van der Waals surface area contributed by atoms with E-state index in [4.69, 9.17) is 4.74 Å². The number of amides is 1. The predicted molar refractivity (Wildman–Crippen MR) is 123 cm³/mol. The third-order valence-corrected chi connectivity index (χ3v) is 5.86. The van der Waals surface area contributed by atoms with Crippen LogP contribution in [0.25, 0.3) is 11.1 Å². The van der Waals surface area contributed by atoms with Crippen LogP contribution in [-0.4, -0.2) is 64.5 Å². The first kappa shape index (κ1) is 21.9. The van der Waals surface area contributed by atoms with E-state index in [-0.39, 0.29) is 11.8 Å². The normalized spacial score (nSPS) is 16.2. The first-order chi connectivity index (χ1) is 15.6. The fraction of sp³-hybridized carbons (Fsp3) is 0.360. The minimum Gasteiger partial charge on any atom is -0.497 e. The average molecular weight is 432 g/mol. The molecule has 0 bridgehead atoms. The van der Waals surface area contributed by atoms with Crippen LogP contribution in [0.3, 0.4) is 0 Å². The number of hydrogen-bond acceptors (Lipinski definition) is 6. The number of methoxy groups -OCH3 is 1. The Kier molecular flexibility index (Phi) is 7.07. The molecule has 1 atom stereocenters. The molecule has 1 saturated heterocycles. The lowest BCUT2D eigenvalue weighted by molar-refractivity contribution is -0.133. The molecule has 3 aromatic rings. The SMILES string of the molecule is COc1cccc(CN(C)CC(=O)N2CCCC(c3ccc(-c4cncnc4)cn3)C2)c1. The Bertz CT molecular complexity index is 1030. The summed E-state index contributed by atoms with van der Waals surface area (Å²) in [7, 11) is 3.64. The Morgan fingerprint density at radius 3 is 2.75 bits per heavy atom. The molecule has 0 spiro atoms. The molecule has 1 unspecified atom stereocenters. The monoisotopic (exact) mass is 431 g/mol. The van der Waals surface area contributed by atoms with Gasteiger partial charge in [-0.2, -0.15) is 0 Å². The topological polar surface area (TPSA) is 71.5 Å². The van der Waals surface area contributed by atoms with Crippen molar-refractivity contribution in [2.75, 3.05) is 33.8 Å². The van der Waals surface area contributed by atoms with Crippen LogP contribution in [0.4, 0.5) is 0 Å². The summed E-state index contributed by atoms with van der Waals surface area (Å²) in [5, 5.41) is 0. The molecule has 0 saturated carbocycles. The lowest BCUT2D eigenvalue weighted by Gasteiger charge is -2.33. The van der Waals surface area contributed by atoms with Crippen molar-refractivity contribution in [2.45, 2.75) is 25.3 Å². The van der Waals surface area contributed by atoms with E-state index < -0.39 is 0 Å². The number of carbonyl (C=O) groups is 1. The van der Waals surface area contributed by atoms with Crippen LogP contribution in [0.1, 0.15) is 30.0 Å². The van der Waals surface area contributed by atoms with Crippen LogP contribution in [0.2, 0.25) is 0 Å². The second-order valence-electron chi connectivity index (χ2n) is 8.30. The van der Waals surface area contributed by atoms with Crippen LogP contribution >= 0.6 is 0 Å². The number of likely N-dealkylation sites (N-methyl/N-ethyl adjacent to an activating group) is 1. The molecular weight excluding hydrogens is 402 g/mol. The van der Waals surface area contributed by atoms with Gasteiger partial charge >= 0.3 is 0 Å². The number of pyridine rings is 1. The maximum atomic E-state index is 13.0. The van der Waals surface area contributed by atoms with Gasteiger partial charge in [0.25, 0.3) is 0 Å². The highest BCUT2D eigenvalue weighted by atomic mass is 16.5. The Morgan fingerprint density at radius 2 is 2.00 bits per heavy atom. The van der Waals surface area contributed by atoms with E-state index in [0.29, 0.717) is 19.6 Å². The van der Waals surface area contributed by atoms with Crippen molar-refractivity contribution in [3.63, 3.8) is 0 Å². The largest absolute Gasteiger partial charge is 0.497 e. The van der Waals surface area contributed by atoms with Crippen LogP contribution < -0.4 is 4.74 Å².